The van der Waals surface area contributed by atoms with Crippen LogP contribution >= 0.6 is 0 Å². The molecule has 2 aliphatic carbocycles. The zero-order valence-electron chi connectivity index (χ0n) is 18.7. The fourth-order valence-corrected chi connectivity index (χ4v) is 4.15. The molecule has 28 heavy (non-hydrogen) atoms. The fourth-order valence-electron chi connectivity index (χ4n) is 4.15. The van der Waals surface area contributed by atoms with Crippen LogP contribution in [0, 0.1) is 12.3 Å². The van der Waals surface area contributed by atoms with Crippen molar-refractivity contribution >= 4 is 11.5 Å². The molecule has 3 heteroatoms. The largest absolute Gasteiger partial charge is 0.488 e. The Balaban J connectivity index is 2.19. The molecule has 0 unspecified atom stereocenters. The van der Waals surface area contributed by atoms with Crippen molar-refractivity contribution in [1.29, 1.82) is 0 Å². The normalized spacial score (nSPS) is 19.2. The highest BCUT2D eigenvalue weighted by atomic mass is 16.5. The summed E-state index contributed by atoms with van der Waals surface area (Å²) < 4.78 is 11.5. The van der Waals surface area contributed by atoms with Crippen LogP contribution in [-0.4, -0.2) is 18.7 Å². The number of methoxy groups -OCH3 is 1. The van der Waals surface area contributed by atoms with Gasteiger partial charge in [-0.2, -0.15) is 0 Å². The Morgan fingerprint density at radius 1 is 1.25 bits per heavy atom. The van der Waals surface area contributed by atoms with E-state index in [4.69, 9.17) is 9.47 Å². The lowest BCUT2D eigenvalue weighted by Crippen LogP contribution is -2.24. The quantitative estimate of drug-likeness (QED) is 0.554. The average molecular weight is 385 g/mol. The highest BCUT2D eigenvalue weighted by Gasteiger charge is 2.35. The van der Waals surface area contributed by atoms with Gasteiger partial charge in [0.05, 0.1) is 13.5 Å². The van der Waals surface area contributed by atoms with E-state index in [0.717, 1.165) is 29.7 Å². The first-order valence-electron chi connectivity index (χ1n) is 10.6. The van der Waals surface area contributed by atoms with E-state index in [9.17, 15) is 4.79 Å². The van der Waals surface area contributed by atoms with Crippen LogP contribution in [0.4, 0.5) is 0 Å². The highest BCUT2D eigenvalue weighted by molar-refractivity contribution is 5.81. The van der Waals surface area contributed by atoms with Crippen LogP contribution in [0.25, 0.3) is 5.57 Å². The molecule has 1 fully saturated rings. The molecule has 154 valence electrons. The molecule has 0 N–H and O–H groups in total. The fraction of sp³-hybridized carbons (Fsp3) is 0.640. The zero-order valence-corrected chi connectivity index (χ0v) is 18.7. The Kier molecular flexibility index (Phi) is 5.67. The molecule has 3 rings (SSSR count). The number of carbonyl (C=O) groups excluding carboxylic acids is 1. The van der Waals surface area contributed by atoms with Crippen LogP contribution in [0.2, 0.25) is 0 Å². The molecule has 2 aliphatic rings. The summed E-state index contributed by atoms with van der Waals surface area (Å²) in [6.07, 6.45) is 8.44. The summed E-state index contributed by atoms with van der Waals surface area (Å²) in [6.45, 7) is 13.1. The molecule has 0 atom stereocenters. The van der Waals surface area contributed by atoms with E-state index >= 15 is 0 Å². The van der Waals surface area contributed by atoms with Crippen molar-refractivity contribution in [2.24, 2.45) is 5.41 Å². The molecule has 1 saturated carbocycles. The number of hydrogen-bond acceptors (Lipinski definition) is 3. The smallest absolute Gasteiger partial charge is 0.310 e. The van der Waals surface area contributed by atoms with Gasteiger partial charge in [0.15, 0.2) is 0 Å². The molecule has 3 nitrogen and oxygen atoms in total. The van der Waals surface area contributed by atoms with Crippen LogP contribution < -0.4 is 4.74 Å². The topological polar surface area (TPSA) is 35.5 Å². The Morgan fingerprint density at radius 2 is 1.93 bits per heavy atom. The first-order chi connectivity index (χ1) is 13.0. The lowest BCUT2D eigenvalue weighted by Gasteiger charge is -2.32. The van der Waals surface area contributed by atoms with Crippen molar-refractivity contribution in [3.63, 3.8) is 0 Å². The molecule has 1 aromatic carbocycles. The maximum Gasteiger partial charge on any atom is 0.310 e. The van der Waals surface area contributed by atoms with Gasteiger partial charge in [-0.3, -0.25) is 4.79 Å². The van der Waals surface area contributed by atoms with Gasteiger partial charge in [0.2, 0.25) is 0 Å². The predicted octanol–water partition coefficient (Wildman–Crippen LogP) is 6.36. The number of hydrogen-bond donors (Lipinski definition) is 0. The summed E-state index contributed by atoms with van der Waals surface area (Å²) in [6, 6.07) is 2.15. The van der Waals surface area contributed by atoms with E-state index in [-0.39, 0.29) is 11.6 Å². The summed E-state index contributed by atoms with van der Waals surface area (Å²) in [5.41, 5.74) is 6.34. The molecule has 0 aliphatic heterocycles. The van der Waals surface area contributed by atoms with Crippen molar-refractivity contribution in [1.82, 2.24) is 0 Å². The monoisotopic (exact) mass is 384 g/mol. The molecule has 0 heterocycles. The van der Waals surface area contributed by atoms with E-state index in [1.54, 1.807) is 0 Å². The van der Waals surface area contributed by atoms with Crippen LogP contribution in [0.1, 0.15) is 94.9 Å². The number of aryl methyl sites for hydroxylation is 1. The highest BCUT2D eigenvalue weighted by Crippen LogP contribution is 2.52. The molecule has 0 spiro atoms. The van der Waals surface area contributed by atoms with Crippen LogP contribution in [-0.2, 0) is 16.0 Å². The molecule has 1 aromatic rings. The van der Waals surface area contributed by atoms with E-state index < -0.39 is 0 Å². The second kappa shape index (κ2) is 7.57. The summed E-state index contributed by atoms with van der Waals surface area (Å²) in [4.78, 5) is 12.2. The van der Waals surface area contributed by atoms with Gasteiger partial charge < -0.3 is 9.47 Å². The van der Waals surface area contributed by atoms with Gasteiger partial charge in [-0.25, -0.2) is 0 Å². The Labute approximate surface area is 170 Å². The Hall–Kier alpha value is -1.77. The van der Waals surface area contributed by atoms with Crippen LogP contribution in [0.15, 0.2) is 12.1 Å². The van der Waals surface area contributed by atoms with Gasteiger partial charge in [-0.05, 0) is 99.5 Å². The second-order valence-corrected chi connectivity index (χ2v) is 10.3. The number of benzene rings is 1. The predicted molar refractivity (Wildman–Crippen MR) is 115 cm³/mol. The van der Waals surface area contributed by atoms with Gasteiger partial charge in [-0.15, -0.1) is 0 Å². The number of carbonyl (C=O) groups is 1. The maximum atomic E-state index is 12.2. The molecular weight excluding hydrogens is 348 g/mol. The molecule has 0 aromatic heterocycles. The van der Waals surface area contributed by atoms with Crippen LogP contribution in [0.3, 0.4) is 0 Å². The van der Waals surface area contributed by atoms with Crippen molar-refractivity contribution in [2.75, 3.05) is 7.11 Å². The Morgan fingerprint density at radius 3 is 2.43 bits per heavy atom. The molecule has 0 radical (unpaired) electrons. The first-order valence-corrected chi connectivity index (χ1v) is 10.6. The van der Waals surface area contributed by atoms with E-state index in [1.165, 1.54) is 43.1 Å². The van der Waals surface area contributed by atoms with Crippen molar-refractivity contribution < 1.29 is 14.3 Å². The molecule has 0 bridgehead atoms. The van der Waals surface area contributed by atoms with Crippen molar-refractivity contribution in [2.45, 2.75) is 91.6 Å². The van der Waals surface area contributed by atoms with Gasteiger partial charge in [-0.1, -0.05) is 19.9 Å². The lowest BCUT2D eigenvalue weighted by molar-refractivity contribution is -0.139. The molecular formula is C25H36O3. The average Bonchev–Trinajstić information content (AvgIpc) is 3.40. The third-order valence-corrected chi connectivity index (χ3v) is 5.90. The Bertz CT molecular complexity index is 789. The van der Waals surface area contributed by atoms with Crippen molar-refractivity contribution in [3.05, 3.63) is 34.4 Å². The number of allylic oxidation sites excluding steroid dienone is 2. The zero-order chi connectivity index (χ0) is 20.7. The van der Waals surface area contributed by atoms with Gasteiger partial charge in [0.1, 0.15) is 11.4 Å². The van der Waals surface area contributed by atoms with Gasteiger partial charge in [0, 0.05) is 5.56 Å². The van der Waals surface area contributed by atoms with Crippen LogP contribution in [0.5, 0.6) is 5.75 Å². The SMILES string of the molecule is COC(=O)Cc1c(C)cc(OC(C)(C)C)c(C2CC2)c1C1=CCC(C)(C)CC1. The van der Waals surface area contributed by atoms with E-state index in [1.807, 2.05) is 0 Å². The van der Waals surface area contributed by atoms with E-state index in [2.05, 4.69) is 53.7 Å². The first kappa shape index (κ1) is 21.0. The van der Waals surface area contributed by atoms with Gasteiger partial charge >= 0.3 is 5.97 Å². The van der Waals surface area contributed by atoms with Crippen molar-refractivity contribution in [3.8, 4) is 5.75 Å². The third-order valence-electron chi connectivity index (χ3n) is 5.90. The summed E-state index contributed by atoms with van der Waals surface area (Å²) in [5, 5.41) is 0. The number of rotatable bonds is 5. The minimum absolute atomic E-state index is 0.174. The molecule has 0 amide bonds. The second-order valence-electron chi connectivity index (χ2n) is 10.3. The lowest BCUT2D eigenvalue weighted by atomic mass is 9.74. The van der Waals surface area contributed by atoms with Gasteiger partial charge in [0.25, 0.3) is 0 Å². The maximum absolute atomic E-state index is 12.2. The summed E-state index contributed by atoms with van der Waals surface area (Å²) in [7, 11) is 1.47. The number of ether oxygens (including phenoxy) is 2. The van der Waals surface area contributed by atoms with E-state index in [0.29, 0.717) is 17.8 Å². The third kappa shape index (κ3) is 4.79. The standard InChI is InChI=1S/C25H36O3/c1-16-14-20(28-24(2,3)4)23(17-8-9-17)22(19(16)15-21(26)27-7)18-10-12-25(5,6)13-11-18/h10,14,17H,8-9,11-13,15H2,1-7H3. The number of esters is 1. The minimum Gasteiger partial charge on any atom is -0.488 e. The molecule has 0 saturated heterocycles. The minimum atomic E-state index is -0.250. The summed E-state index contributed by atoms with van der Waals surface area (Å²) in [5.74, 6) is 1.37. The summed E-state index contributed by atoms with van der Waals surface area (Å²) >= 11 is 0.